The van der Waals surface area contributed by atoms with E-state index in [4.69, 9.17) is 28.2 Å². The van der Waals surface area contributed by atoms with E-state index in [-0.39, 0.29) is 5.91 Å². The Labute approximate surface area is 174 Å². The Kier molecular flexibility index (Phi) is 5.56. The molecule has 0 radical (unpaired) electrons. The SMILES string of the molecule is CCCN(Cc1nc2cccnc2n1CC1CC1)C(=O)c1ccc(Cl)cc1Cl. The lowest BCUT2D eigenvalue weighted by Crippen LogP contribution is -2.32. The fourth-order valence-corrected chi connectivity index (χ4v) is 3.89. The van der Waals surface area contributed by atoms with Gasteiger partial charge in [-0.1, -0.05) is 30.1 Å². The molecule has 1 saturated carbocycles. The minimum Gasteiger partial charge on any atom is -0.331 e. The third kappa shape index (κ3) is 4.01. The average Bonchev–Trinajstić information content (AvgIpc) is 3.43. The molecule has 1 amide bonds. The molecule has 0 saturated heterocycles. The molecule has 0 unspecified atom stereocenters. The molecule has 5 nitrogen and oxygen atoms in total. The van der Waals surface area contributed by atoms with Gasteiger partial charge in [0.05, 0.1) is 17.1 Å². The fourth-order valence-electron chi connectivity index (χ4n) is 3.40. The first kappa shape index (κ1) is 19.2. The lowest BCUT2D eigenvalue weighted by atomic mass is 10.2. The van der Waals surface area contributed by atoms with Gasteiger partial charge in [-0.3, -0.25) is 4.79 Å². The second-order valence-electron chi connectivity index (χ2n) is 7.28. The van der Waals surface area contributed by atoms with Gasteiger partial charge >= 0.3 is 0 Å². The maximum Gasteiger partial charge on any atom is 0.255 e. The number of rotatable bonds is 7. The lowest BCUT2D eigenvalue weighted by molar-refractivity contribution is 0.0737. The zero-order valence-electron chi connectivity index (χ0n) is 15.7. The first-order valence-corrected chi connectivity index (χ1v) is 10.4. The maximum atomic E-state index is 13.2. The standard InChI is InChI=1S/C21H22Cl2N4O/c1-2-10-26(21(28)16-8-7-15(22)11-17(16)23)13-19-25-18-4-3-9-24-20(18)27(19)12-14-5-6-14/h3-4,7-9,11,14H,2,5-6,10,12-13H2,1H3. The fraction of sp³-hybridized carbons (Fsp3) is 0.381. The van der Waals surface area contributed by atoms with E-state index in [0.29, 0.717) is 34.6 Å². The van der Waals surface area contributed by atoms with Crippen LogP contribution in [0.25, 0.3) is 11.2 Å². The van der Waals surface area contributed by atoms with Crippen molar-refractivity contribution >= 4 is 40.3 Å². The van der Waals surface area contributed by atoms with Crippen LogP contribution < -0.4 is 0 Å². The van der Waals surface area contributed by atoms with Gasteiger partial charge < -0.3 is 9.47 Å². The number of carbonyl (C=O) groups is 1. The van der Waals surface area contributed by atoms with Crippen molar-refractivity contribution in [2.75, 3.05) is 6.54 Å². The topological polar surface area (TPSA) is 51.0 Å². The molecule has 1 aliphatic rings. The molecule has 0 aliphatic heterocycles. The highest BCUT2D eigenvalue weighted by Gasteiger charge is 2.26. The highest BCUT2D eigenvalue weighted by molar-refractivity contribution is 6.36. The summed E-state index contributed by atoms with van der Waals surface area (Å²) >= 11 is 12.3. The van der Waals surface area contributed by atoms with Crippen molar-refractivity contribution in [3.05, 3.63) is 58.0 Å². The number of hydrogen-bond acceptors (Lipinski definition) is 3. The molecule has 1 aromatic carbocycles. The van der Waals surface area contributed by atoms with Crippen LogP contribution in [0.4, 0.5) is 0 Å². The van der Waals surface area contributed by atoms with E-state index >= 15 is 0 Å². The van der Waals surface area contributed by atoms with E-state index in [1.165, 1.54) is 12.8 Å². The summed E-state index contributed by atoms with van der Waals surface area (Å²) in [6.45, 7) is 4.00. The molecule has 0 N–H and O–H groups in total. The number of hydrogen-bond donors (Lipinski definition) is 0. The van der Waals surface area contributed by atoms with Crippen LogP contribution in [0.15, 0.2) is 36.5 Å². The number of carbonyl (C=O) groups excluding carboxylic acids is 1. The molecule has 7 heteroatoms. The average molecular weight is 417 g/mol. The van der Waals surface area contributed by atoms with Gasteiger partial charge in [-0.15, -0.1) is 0 Å². The molecule has 2 heterocycles. The molecule has 0 spiro atoms. The van der Waals surface area contributed by atoms with Crippen LogP contribution in [0.1, 0.15) is 42.4 Å². The number of halogens is 2. The van der Waals surface area contributed by atoms with Crippen molar-refractivity contribution in [1.29, 1.82) is 0 Å². The van der Waals surface area contributed by atoms with Gasteiger partial charge in [-0.05, 0) is 55.5 Å². The van der Waals surface area contributed by atoms with Crippen molar-refractivity contribution < 1.29 is 4.79 Å². The van der Waals surface area contributed by atoms with E-state index in [2.05, 4.69) is 16.5 Å². The van der Waals surface area contributed by atoms with Crippen LogP contribution in [0.3, 0.4) is 0 Å². The molecule has 4 rings (SSSR count). The summed E-state index contributed by atoms with van der Waals surface area (Å²) < 4.78 is 2.17. The van der Waals surface area contributed by atoms with Gasteiger partial charge in [0, 0.05) is 24.3 Å². The predicted octanol–water partition coefficient (Wildman–Crippen LogP) is 5.20. The first-order chi connectivity index (χ1) is 13.6. The Morgan fingerprint density at radius 2 is 2.11 bits per heavy atom. The quantitative estimate of drug-likeness (QED) is 0.531. The molecule has 28 heavy (non-hydrogen) atoms. The van der Waals surface area contributed by atoms with Gasteiger partial charge in [0.15, 0.2) is 5.65 Å². The van der Waals surface area contributed by atoms with Gasteiger partial charge in [0.1, 0.15) is 11.3 Å². The maximum absolute atomic E-state index is 13.2. The number of imidazole rings is 1. The monoisotopic (exact) mass is 416 g/mol. The largest absolute Gasteiger partial charge is 0.331 e. The van der Waals surface area contributed by atoms with Crippen molar-refractivity contribution in [3.8, 4) is 0 Å². The molecule has 0 atom stereocenters. The summed E-state index contributed by atoms with van der Waals surface area (Å²) in [5, 5.41) is 0.882. The van der Waals surface area contributed by atoms with Gasteiger partial charge in [0.25, 0.3) is 5.91 Å². The molecule has 1 aliphatic carbocycles. The van der Waals surface area contributed by atoms with Gasteiger partial charge in [0.2, 0.25) is 0 Å². The third-order valence-corrected chi connectivity index (χ3v) is 5.54. The second kappa shape index (κ2) is 8.10. The summed E-state index contributed by atoms with van der Waals surface area (Å²) in [6.07, 6.45) is 5.12. The van der Waals surface area contributed by atoms with Crippen LogP contribution in [0.5, 0.6) is 0 Å². The summed E-state index contributed by atoms with van der Waals surface area (Å²) in [6, 6.07) is 8.84. The van der Waals surface area contributed by atoms with Crippen molar-refractivity contribution in [3.63, 3.8) is 0 Å². The minimum absolute atomic E-state index is 0.110. The molecule has 3 aromatic rings. The molecule has 1 fully saturated rings. The zero-order chi connectivity index (χ0) is 19.7. The zero-order valence-corrected chi connectivity index (χ0v) is 17.2. The Balaban J connectivity index is 1.67. The number of benzene rings is 1. The van der Waals surface area contributed by atoms with Gasteiger partial charge in [-0.25, -0.2) is 9.97 Å². The first-order valence-electron chi connectivity index (χ1n) is 9.61. The number of aromatic nitrogens is 3. The predicted molar refractivity (Wildman–Crippen MR) is 112 cm³/mol. The van der Waals surface area contributed by atoms with Crippen LogP contribution in [-0.4, -0.2) is 31.9 Å². The Morgan fingerprint density at radius 1 is 1.29 bits per heavy atom. The Morgan fingerprint density at radius 3 is 2.82 bits per heavy atom. The van der Waals surface area contributed by atoms with Crippen molar-refractivity contribution in [1.82, 2.24) is 19.4 Å². The summed E-state index contributed by atoms with van der Waals surface area (Å²) in [5.41, 5.74) is 2.21. The second-order valence-corrected chi connectivity index (χ2v) is 8.12. The van der Waals surface area contributed by atoms with E-state index in [9.17, 15) is 4.79 Å². The Bertz CT molecular complexity index is 1010. The number of pyridine rings is 1. The molecular formula is C21H22Cl2N4O. The van der Waals surface area contributed by atoms with Gasteiger partial charge in [-0.2, -0.15) is 0 Å². The van der Waals surface area contributed by atoms with Crippen molar-refractivity contribution in [2.24, 2.45) is 5.92 Å². The molecule has 0 bridgehead atoms. The third-order valence-electron chi connectivity index (χ3n) is 5.00. The van der Waals surface area contributed by atoms with Crippen LogP contribution in [0.2, 0.25) is 10.0 Å². The summed E-state index contributed by atoms with van der Waals surface area (Å²) in [5.74, 6) is 1.44. The number of fused-ring (bicyclic) bond motifs is 1. The van der Waals surface area contributed by atoms with Crippen molar-refractivity contribution in [2.45, 2.75) is 39.3 Å². The summed E-state index contributed by atoms with van der Waals surface area (Å²) in [7, 11) is 0. The molecular weight excluding hydrogens is 395 g/mol. The van der Waals surface area contributed by atoms with E-state index in [1.54, 1.807) is 29.3 Å². The normalized spacial score (nSPS) is 13.8. The molecule has 146 valence electrons. The van der Waals surface area contributed by atoms with E-state index < -0.39 is 0 Å². The van der Waals surface area contributed by atoms with E-state index in [0.717, 1.165) is 30.0 Å². The van der Waals surface area contributed by atoms with Crippen LogP contribution in [-0.2, 0) is 13.1 Å². The molecule has 2 aromatic heterocycles. The lowest BCUT2D eigenvalue weighted by Gasteiger charge is -2.23. The highest BCUT2D eigenvalue weighted by atomic mass is 35.5. The number of nitrogens with zero attached hydrogens (tertiary/aromatic N) is 4. The smallest absolute Gasteiger partial charge is 0.255 e. The number of amides is 1. The minimum atomic E-state index is -0.110. The van der Waals surface area contributed by atoms with Crippen LogP contribution >= 0.6 is 23.2 Å². The summed E-state index contributed by atoms with van der Waals surface area (Å²) in [4.78, 5) is 24.3. The Hall–Kier alpha value is -2.11. The highest BCUT2D eigenvalue weighted by Crippen LogP contribution is 2.32. The van der Waals surface area contributed by atoms with E-state index in [1.807, 2.05) is 12.1 Å². The van der Waals surface area contributed by atoms with Crippen LogP contribution in [0, 0.1) is 5.92 Å².